The molecular formula is C48H33NOSSi2. The van der Waals surface area contributed by atoms with Gasteiger partial charge in [0.25, 0.3) is 0 Å². The molecule has 0 aliphatic carbocycles. The highest BCUT2D eigenvalue weighted by Crippen LogP contribution is 2.44. The van der Waals surface area contributed by atoms with Gasteiger partial charge in [-0.1, -0.05) is 161 Å². The molecule has 250 valence electrons. The number of hydrogen-bond donors (Lipinski definition) is 0. The molecule has 8 aromatic carbocycles. The number of thiophene rings is 1. The summed E-state index contributed by atoms with van der Waals surface area (Å²) in [5.41, 5.74) is 3.52. The van der Waals surface area contributed by atoms with Crippen LogP contribution in [0.25, 0.3) is 20.2 Å². The van der Waals surface area contributed by atoms with Gasteiger partial charge < -0.3 is 9.64 Å². The number of anilines is 3. The van der Waals surface area contributed by atoms with E-state index in [2.05, 4.69) is 199 Å². The Bertz CT molecular complexity index is 2810. The predicted molar refractivity (Wildman–Crippen MR) is 230 cm³/mol. The average molecular weight is 728 g/mol. The van der Waals surface area contributed by atoms with E-state index < -0.39 is 16.9 Å². The van der Waals surface area contributed by atoms with E-state index in [0.29, 0.717) is 0 Å². The Morgan fingerprint density at radius 3 is 1.83 bits per heavy atom. The topological polar surface area (TPSA) is 12.5 Å². The lowest BCUT2D eigenvalue weighted by atomic mass is 10.1. The first-order valence-electron chi connectivity index (χ1n) is 18.2. The number of ether oxygens (including phenoxy) is 1. The Balaban J connectivity index is 1.26. The highest BCUT2D eigenvalue weighted by atomic mass is 32.1. The molecule has 2 nitrogen and oxygen atoms in total. The molecule has 0 saturated heterocycles. The van der Waals surface area contributed by atoms with Crippen molar-refractivity contribution in [3.63, 3.8) is 0 Å². The minimum Gasteiger partial charge on any atom is -0.458 e. The Morgan fingerprint density at radius 2 is 1.06 bits per heavy atom. The lowest BCUT2D eigenvalue weighted by Gasteiger charge is -2.46. The second kappa shape index (κ2) is 12.0. The minimum absolute atomic E-state index is 0.971. The monoisotopic (exact) mass is 727 g/mol. The van der Waals surface area contributed by atoms with Crippen molar-refractivity contribution in [3.05, 3.63) is 194 Å². The molecule has 2 aliphatic rings. The standard InChI is InChI=1S/C48H33NOSSi2/c1-3-16-33(17-4-1)49(38-22-15-21-37-36-20-7-10-25-41(36)51-48(37)38)34-30-31-43-47(32-34)53(44-27-12-8-23-39(44)50-40-24-9-13-28-45(40)53)46-29-14-11-26-42(46)52(43)35-18-5-2-6-19-35/h1-32,52H. The van der Waals surface area contributed by atoms with Gasteiger partial charge >= 0.3 is 0 Å². The zero-order valence-electron chi connectivity index (χ0n) is 28.8. The van der Waals surface area contributed by atoms with Crippen LogP contribution in [0.2, 0.25) is 0 Å². The number of rotatable bonds is 4. The Labute approximate surface area is 315 Å². The summed E-state index contributed by atoms with van der Waals surface area (Å²) in [7, 11) is -4.79. The second-order valence-electron chi connectivity index (χ2n) is 14.0. The lowest BCUT2D eigenvalue weighted by molar-refractivity contribution is 0.487. The predicted octanol–water partition coefficient (Wildman–Crippen LogP) is 7.57. The van der Waals surface area contributed by atoms with Crippen molar-refractivity contribution >= 4 is 102 Å². The summed E-state index contributed by atoms with van der Waals surface area (Å²) in [6, 6.07) is 72.3. The zero-order chi connectivity index (χ0) is 34.9. The van der Waals surface area contributed by atoms with E-state index in [4.69, 9.17) is 4.74 Å². The molecule has 5 heteroatoms. The molecule has 2 aliphatic heterocycles. The highest BCUT2D eigenvalue weighted by molar-refractivity contribution is 7.27. The van der Waals surface area contributed by atoms with Crippen molar-refractivity contribution in [3.8, 4) is 11.5 Å². The van der Waals surface area contributed by atoms with Gasteiger partial charge in [-0.05, 0) is 69.3 Å². The Hall–Kier alpha value is -5.99. The van der Waals surface area contributed by atoms with E-state index in [0.717, 1.165) is 17.2 Å². The molecule has 0 radical (unpaired) electrons. The van der Waals surface area contributed by atoms with Gasteiger partial charge in [0.15, 0.2) is 8.07 Å². The van der Waals surface area contributed by atoms with Gasteiger partial charge in [-0.25, -0.2) is 0 Å². The van der Waals surface area contributed by atoms with Gasteiger partial charge in [-0.2, -0.15) is 0 Å². The van der Waals surface area contributed by atoms with Crippen molar-refractivity contribution in [2.75, 3.05) is 4.90 Å². The van der Waals surface area contributed by atoms with Crippen LogP contribution in [0.15, 0.2) is 194 Å². The summed E-state index contributed by atoms with van der Waals surface area (Å²) in [5.74, 6) is 1.94. The molecule has 1 atom stereocenters. The Morgan fingerprint density at radius 1 is 0.453 bits per heavy atom. The molecule has 11 rings (SSSR count). The maximum Gasteiger partial charge on any atom is 0.188 e. The molecular weight excluding hydrogens is 695 g/mol. The third kappa shape index (κ3) is 4.48. The van der Waals surface area contributed by atoms with Crippen LogP contribution in [0.5, 0.6) is 11.5 Å². The second-order valence-corrected chi connectivity index (χ2v) is 21.5. The SMILES string of the molecule is c1ccc(N(c2ccc3c(c2)[Si]2(c4ccccc4Oc4ccccc42)c2ccccc2[SiH]3c2ccccc2)c2cccc3c2sc2ccccc23)cc1. The normalized spacial score (nSPS) is 14.9. The molecule has 0 saturated carbocycles. The van der Waals surface area contributed by atoms with Crippen molar-refractivity contribution in [1.82, 2.24) is 0 Å². The zero-order valence-corrected chi connectivity index (χ0v) is 31.8. The van der Waals surface area contributed by atoms with Crippen LogP contribution in [-0.4, -0.2) is 16.9 Å². The van der Waals surface area contributed by atoms with Gasteiger partial charge in [0, 0.05) is 26.8 Å². The molecule has 0 fully saturated rings. The first-order chi connectivity index (χ1) is 26.3. The Kier molecular flexibility index (Phi) is 6.95. The number of hydrogen-bond acceptors (Lipinski definition) is 3. The summed E-state index contributed by atoms with van der Waals surface area (Å²) >= 11 is 1.88. The number of benzene rings is 8. The maximum absolute atomic E-state index is 6.78. The van der Waals surface area contributed by atoms with Crippen molar-refractivity contribution in [2.45, 2.75) is 0 Å². The molecule has 9 aromatic rings. The quantitative estimate of drug-likeness (QED) is 0.174. The van der Waals surface area contributed by atoms with Gasteiger partial charge in [0.1, 0.15) is 20.3 Å². The van der Waals surface area contributed by atoms with E-state index in [1.165, 1.54) is 67.9 Å². The van der Waals surface area contributed by atoms with Crippen LogP contribution in [0, 0.1) is 0 Å². The van der Waals surface area contributed by atoms with Gasteiger partial charge in [-0.15, -0.1) is 11.3 Å². The molecule has 1 spiro atoms. The maximum atomic E-state index is 6.78. The minimum atomic E-state index is -2.90. The number of nitrogens with zero attached hydrogens (tertiary/aromatic N) is 1. The number of para-hydroxylation sites is 3. The summed E-state index contributed by atoms with van der Waals surface area (Å²) in [6.45, 7) is 0. The molecule has 0 bridgehead atoms. The molecule has 53 heavy (non-hydrogen) atoms. The van der Waals surface area contributed by atoms with Gasteiger partial charge in [-0.3, -0.25) is 0 Å². The van der Waals surface area contributed by atoms with E-state index in [1.807, 2.05) is 11.3 Å². The van der Waals surface area contributed by atoms with Gasteiger partial charge in [0.05, 0.1) is 10.4 Å². The smallest absolute Gasteiger partial charge is 0.188 e. The lowest BCUT2D eigenvalue weighted by Crippen LogP contribution is -2.87. The number of fused-ring (bicyclic) bond motifs is 11. The fourth-order valence-corrected chi connectivity index (χ4v) is 20.8. The molecule has 1 aromatic heterocycles. The molecule has 3 heterocycles. The fraction of sp³-hybridized carbons (Fsp3) is 0. The average Bonchev–Trinajstić information content (AvgIpc) is 3.61. The van der Waals surface area contributed by atoms with Gasteiger partial charge in [0.2, 0.25) is 0 Å². The summed E-state index contributed by atoms with van der Waals surface area (Å²) in [4.78, 5) is 2.50. The van der Waals surface area contributed by atoms with Crippen LogP contribution in [0.3, 0.4) is 0 Å². The fourth-order valence-electron chi connectivity index (χ4n) is 9.15. The first kappa shape index (κ1) is 30.6. The van der Waals surface area contributed by atoms with E-state index in [1.54, 1.807) is 0 Å². The van der Waals surface area contributed by atoms with Crippen LogP contribution in [-0.2, 0) is 0 Å². The van der Waals surface area contributed by atoms with E-state index in [-0.39, 0.29) is 0 Å². The largest absolute Gasteiger partial charge is 0.458 e. The van der Waals surface area contributed by atoms with Crippen LogP contribution < -0.4 is 45.9 Å². The molecule has 0 amide bonds. The van der Waals surface area contributed by atoms with Crippen LogP contribution in [0.1, 0.15) is 0 Å². The summed E-state index contributed by atoms with van der Waals surface area (Å²) in [6.07, 6.45) is 0. The van der Waals surface area contributed by atoms with E-state index in [9.17, 15) is 0 Å². The van der Waals surface area contributed by atoms with Crippen LogP contribution in [0.4, 0.5) is 17.1 Å². The van der Waals surface area contributed by atoms with Crippen molar-refractivity contribution in [2.24, 2.45) is 0 Å². The van der Waals surface area contributed by atoms with Crippen LogP contribution >= 0.6 is 11.3 Å². The first-order valence-corrected chi connectivity index (χ1v) is 22.8. The third-order valence-corrected chi connectivity index (χ3v) is 21.3. The van der Waals surface area contributed by atoms with Crippen molar-refractivity contribution < 1.29 is 4.74 Å². The molecule has 1 unspecified atom stereocenters. The van der Waals surface area contributed by atoms with Crippen molar-refractivity contribution in [1.29, 1.82) is 0 Å². The highest BCUT2D eigenvalue weighted by Gasteiger charge is 2.53. The molecule has 0 N–H and O–H groups in total. The summed E-state index contributed by atoms with van der Waals surface area (Å²) in [5, 5.41) is 12.7. The van der Waals surface area contributed by atoms with E-state index >= 15 is 0 Å². The third-order valence-electron chi connectivity index (χ3n) is 11.3. The summed E-state index contributed by atoms with van der Waals surface area (Å²) < 4.78 is 9.38.